The zero-order valence-corrected chi connectivity index (χ0v) is 11.4. The number of rotatable bonds is 1. The van der Waals surface area contributed by atoms with Crippen molar-refractivity contribution < 1.29 is 0 Å². The monoisotopic (exact) mass is 276 g/mol. The Morgan fingerprint density at radius 1 is 1.17 bits per heavy atom. The van der Waals surface area contributed by atoms with Crippen LogP contribution in [0.15, 0.2) is 46.8 Å². The Hall–Kier alpha value is -1.32. The van der Waals surface area contributed by atoms with Gasteiger partial charge in [-0.05, 0) is 23.9 Å². The van der Waals surface area contributed by atoms with Crippen molar-refractivity contribution in [3.05, 3.63) is 52.2 Å². The zero-order chi connectivity index (χ0) is 12.4. The van der Waals surface area contributed by atoms with E-state index in [1.54, 1.807) is 15.8 Å². The molecule has 4 heteroatoms. The van der Waals surface area contributed by atoms with Crippen molar-refractivity contribution >= 4 is 34.5 Å². The van der Waals surface area contributed by atoms with Crippen molar-refractivity contribution in [1.29, 1.82) is 0 Å². The summed E-state index contributed by atoms with van der Waals surface area (Å²) in [6.07, 6.45) is 0.979. The predicted molar refractivity (Wildman–Crippen MR) is 79.1 cm³/mol. The Labute approximate surface area is 116 Å². The molecule has 0 unspecified atom stereocenters. The molecule has 2 nitrogen and oxygen atoms in total. The van der Waals surface area contributed by atoms with Crippen LogP contribution in [0.25, 0.3) is 0 Å². The maximum atomic E-state index is 6.33. The summed E-state index contributed by atoms with van der Waals surface area (Å²) in [5.74, 6) is 0. The van der Waals surface area contributed by atoms with Gasteiger partial charge in [0.2, 0.25) is 0 Å². The average Bonchev–Trinajstić information content (AvgIpc) is 2.90. The van der Waals surface area contributed by atoms with Gasteiger partial charge in [-0.1, -0.05) is 24.3 Å². The fourth-order valence-electron chi connectivity index (χ4n) is 2.12. The summed E-state index contributed by atoms with van der Waals surface area (Å²) in [4.78, 5) is 5.95. The predicted octanol–water partition coefficient (Wildman–Crippen LogP) is 3.95. The SMILES string of the molecule is ClN1CCCN=C(c2cccs2)c2ccccc21. The number of benzene rings is 1. The third-order valence-corrected chi connectivity index (χ3v) is 4.19. The first-order valence-electron chi connectivity index (χ1n) is 5.97. The summed E-state index contributed by atoms with van der Waals surface area (Å²) in [7, 11) is 0. The van der Waals surface area contributed by atoms with E-state index in [1.165, 1.54) is 4.88 Å². The summed E-state index contributed by atoms with van der Waals surface area (Å²) in [5, 5.41) is 2.08. The number of para-hydroxylation sites is 1. The van der Waals surface area contributed by atoms with Crippen molar-refractivity contribution in [3.8, 4) is 0 Å². The zero-order valence-electron chi connectivity index (χ0n) is 9.84. The number of thiophene rings is 1. The fourth-order valence-corrected chi connectivity index (χ4v) is 3.13. The average molecular weight is 277 g/mol. The van der Waals surface area contributed by atoms with E-state index in [9.17, 15) is 0 Å². The van der Waals surface area contributed by atoms with Gasteiger partial charge >= 0.3 is 0 Å². The van der Waals surface area contributed by atoms with E-state index < -0.39 is 0 Å². The van der Waals surface area contributed by atoms with Crippen LogP contribution in [0, 0.1) is 0 Å². The summed E-state index contributed by atoms with van der Waals surface area (Å²) in [5.41, 5.74) is 3.23. The van der Waals surface area contributed by atoms with E-state index in [1.807, 2.05) is 12.1 Å². The van der Waals surface area contributed by atoms with Gasteiger partial charge in [-0.2, -0.15) is 0 Å². The molecular weight excluding hydrogens is 264 g/mol. The first-order valence-corrected chi connectivity index (χ1v) is 7.19. The molecule has 0 atom stereocenters. The Morgan fingerprint density at radius 2 is 2.06 bits per heavy atom. The number of anilines is 1. The summed E-state index contributed by atoms with van der Waals surface area (Å²) in [6.45, 7) is 1.66. The molecule has 1 aliphatic rings. The Kier molecular flexibility index (Phi) is 3.35. The van der Waals surface area contributed by atoms with Gasteiger partial charge in [0.15, 0.2) is 0 Å². The van der Waals surface area contributed by atoms with Crippen molar-refractivity contribution in [3.63, 3.8) is 0 Å². The molecular formula is C14H13ClN2S. The largest absolute Gasteiger partial charge is 0.285 e. The maximum Gasteiger partial charge on any atom is 0.0839 e. The molecule has 0 aliphatic carbocycles. The van der Waals surface area contributed by atoms with Crippen LogP contribution in [0.5, 0.6) is 0 Å². The van der Waals surface area contributed by atoms with E-state index in [4.69, 9.17) is 16.8 Å². The third-order valence-electron chi connectivity index (χ3n) is 2.96. The molecule has 3 rings (SSSR count). The van der Waals surface area contributed by atoms with Crippen molar-refractivity contribution in [2.24, 2.45) is 4.99 Å². The molecule has 0 saturated heterocycles. The van der Waals surface area contributed by atoms with Crippen LogP contribution in [-0.4, -0.2) is 18.8 Å². The highest BCUT2D eigenvalue weighted by molar-refractivity contribution is 7.12. The van der Waals surface area contributed by atoms with E-state index in [-0.39, 0.29) is 0 Å². The van der Waals surface area contributed by atoms with Gasteiger partial charge in [-0.15, -0.1) is 11.3 Å². The molecule has 0 fully saturated rings. The van der Waals surface area contributed by atoms with Crippen molar-refractivity contribution in [2.45, 2.75) is 6.42 Å². The van der Waals surface area contributed by atoms with Crippen LogP contribution in [0.3, 0.4) is 0 Å². The standard InChI is InChI=1S/C14H13ClN2S/c15-17-9-4-8-16-14(13-7-3-10-18-13)11-5-1-2-6-12(11)17/h1-3,5-7,10H,4,8-9H2. The second kappa shape index (κ2) is 5.12. The highest BCUT2D eigenvalue weighted by Gasteiger charge is 2.17. The van der Waals surface area contributed by atoms with E-state index in [2.05, 4.69) is 29.6 Å². The first-order chi connectivity index (χ1) is 8.86. The number of hydrogen-bond donors (Lipinski definition) is 0. The molecule has 2 aromatic rings. The van der Waals surface area contributed by atoms with Crippen molar-refractivity contribution in [2.75, 3.05) is 17.5 Å². The van der Waals surface area contributed by atoms with Gasteiger partial charge in [0, 0.05) is 30.4 Å². The minimum atomic E-state index is 0.824. The lowest BCUT2D eigenvalue weighted by molar-refractivity contribution is 0.836. The number of nitrogens with zero attached hydrogens (tertiary/aromatic N) is 2. The van der Waals surface area contributed by atoms with Crippen LogP contribution < -0.4 is 4.42 Å². The third kappa shape index (κ3) is 2.16. The quantitative estimate of drug-likeness (QED) is 0.720. The lowest BCUT2D eigenvalue weighted by Gasteiger charge is -2.22. The molecule has 2 heterocycles. The van der Waals surface area contributed by atoms with Gasteiger partial charge in [0.1, 0.15) is 0 Å². The minimum Gasteiger partial charge on any atom is -0.285 e. The van der Waals surface area contributed by atoms with Crippen LogP contribution in [0.1, 0.15) is 16.9 Å². The summed E-state index contributed by atoms with van der Waals surface area (Å²) < 4.78 is 1.80. The Morgan fingerprint density at radius 3 is 2.89 bits per heavy atom. The molecule has 1 aromatic heterocycles. The van der Waals surface area contributed by atoms with Gasteiger partial charge in [-0.3, -0.25) is 9.41 Å². The van der Waals surface area contributed by atoms with Gasteiger partial charge < -0.3 is 0 Å². The molecule has 18 heavy (non-hydrogen) atoms. The molecule has 92 valence electrons. The minimum absolute atomic E-state index is 0.824. The van der Waals surface area contributed by atoms with E-state index in [0.29, 0.717) is 0 Å². The molecule has 0 N–H and O–H groups in total. The molecule has 0 bridgehead atoms. The summed E-state index contributed by atoms with van der Waals surface area (Å²) >= 11 is 8.05. The van der Waals surface area contributed by atoms with Gasteiger partial charge in [0.25, 0.3) is 0 Å². The fraction of sp³-hybridized carbons (Fsp3) is 0.214. The molecule has 0 radical (unpaired) electrons. The number of hydrogen-bond acceptors (Lipinski definition) is 3. The number of fused-ring (bicyclic) bond motifs is 1. The maximum absolute atomic E-state index is 6.33. The first kappa shape index (κ1) is 11.8. The highest BCUT2D eigenvalue weighted by Crippen LogP contribution is 2.28. The van der Waals surface area contributed by atoms with Crippen molar-refractivity contribution in [1.82, 2.24) is 0 Å². The molecule has 1 aromatic carbocycles. The Bertz CT molecular complexity index is 563. The second-order valence-corrected chi connectivity index (χ2v) is 5.52. The smallest absolute Gasteiger partial charge is 0.0839 e. The molecule has 0 saturated carbocycles. The van der Waals surface area contributed by atoms with E-state index >= 15 is 0 Å². The van der Waals surface area contributed by atoms with Crippen LogP contribution in [0.2, 0.25) is 0 Å². The van der Waals surface area contributed by atoms with Crippen LogP contribution >= 0.6 is 23.1 Å². The molecule has 1 aliphatic heterocycles. The van der Waals surface area contributed by atoms with Gasteiger partial charge in [-0.25, -0.2) is 0 Å². The number of aliphatic imine (C=N–C) groups is 1. The second-order valence-electron chi connectivity index (χ2n) is 4.16. The molecule has 0 amide bonds. The summed E-state index contributed by atoms with van der Waals surface area (Å²) in [6, 6.07) is 12.4. The topological polar surface area (TPSA) is 15.6 Å². The van der Waals surface area contributed by atoms with Crippen LogP contribution in [0.4, 0.5) is 5.69 Å². The highest BCUT2D eigenvalue weighted by atomic mass is 35.5. The van der Waals surface area contributed by atoms with Gasteiger partial charge in [0.05, 0.1) is 16.3 Å². The number of halogens is 1. The molecule has 0 spiro atoms. The van der Waals surface area contributed by atoms with E-state index in [0.717, 1.165) is 36.5 Å². The normalized spacial score (nSPS) is 15.6. The lowest BCUT2D eigenvalue weighted by Crippen LogP contribution is -2.19. The Balaban J connectivity index is 2.15. The lowest BCUT2D eigenvalue weighted by atomic mass is 10.1. The van der Waals surface area contributed by atoms with Crippen LogP contribution in [-0.2, 0) is 0 Å².